The van der Waals surface area contributed by atoms with Gasteiger partial charge in [0.1, 0.15) is 0 Å². The molecule has 3 nitrogen and oxygen atoms in total. The van der Waals surface area contributed by atoms with Crippen molar-refractivity contribution in [3.05, 3.63) is 10.6 Å². The number of hydrogen-bond acceptors (Lipinski definition) is 5. The van der Waals surface area contributed by atoms with Crippen molar-refractivity contribution in [3.63, 3.8) is 0 Å². The van der Waals surface area contributed by atoms with E-state index < -0.39 is 0 Å². The van der Waals surface area contributed by atoms with Crippen LogP contribution < -0.4 is 10.2 Å². The molecule has 2 rings (SSSR count). The zero-order valence-corrected chi connectivity index (χ0v) is 15.6. The first kappa shape index (κ1) is 17.1. The zero-order chi connectivity index (χ0) is 15.4. The second-order valence-corrected chi connectivity index (χ2v) is 8.22. The lowest BCUT2D eigenvalue weighted by Crippen LogP contribution is -2.33. The van der Waals surface area contributed by atoms with E-state index in [1.807, 2.05) is 23.1 Å². The van der Waals surface area contributed by atoms with Crippen molar-refractivity contribution >= 4 is 28.2 Å². The Morgan fingerprint density at radius 3 is 2.67 bits per heavy atom. The summed E-state index contributed by atoms with van der Waals surface area (Å²) >= 11 is 3.80. The summed E-state index contributed by atoms with van der Waals surface area (Å²) in [6, 6.07) is 1.34. The van der Waals surface area contributed by atoms with Gasteiger partial charge in [0, 0.05) is 36.3 Å². The Hall–Kier alpha value is -0.260. The average molecular weight is 328 g/mol. The Labute approximate surface area is 137 Å². The van der Waals surface area contributed by atoms with Gasteiger partial charge in [-0.3, -0.25) is 0 Å². The van der Waals surface area contributed by atoms with E-state index in [-0.39, 0.29) is 0 Å². The Morgan fingerprint density at radius 1 is 1.43 bits per heavy atom. The summed E-state index contributed by atoms with van der Waals surface area (Å²) in [4.78, 5) is 8.77. The molecule has 1 aromatic heterocycles. The maximum atomic E-state index is 4.95. The van der Waals surface area contributed by atoms with Crippen LogP contribution in [-0.4, -0.2) is 36.1 Å². The molecule has 1 unspecified atom stereocenters. The fourth-order valence-corrected chi connectivity index (χ4v) is 4.50. The van der Waals surface area contributed by atoms with Gasteiger partial charge in [-0.05, 0) is 31.4 Å². The molecule has 1 saturated carbocycles. The molecule has 1 fully saturated rings. The average Bonchev–Trinajstić information content (AvgIpc) is 3.19. The second kappa shape index (κ2) is 7.84. The quantitative estimate of drug-likeness (QED) is 0.739. The highest BCUT2D eigenvalue weighted by Crippen LogP contribution is 2.32. The van der Waals surface area contributed by atoms with Crippen molar-refractivity contribution in [3.8, 4) is 0 Å². The van der Waals surface area contributed by atoms with Gasteiger partial charge >= 0.3 is 0 Å². The van der Waals surface area contributed by atoms with Crippen LogP contribution in [0.5, 0.6) is 0 Å². The van der Waals surface area contributed by atoms with Crippen LogP contribution in [0.15, 0.2) is 0 Å². The molecule has 0 amide bonds. The molecule has 1 aliphatic rings. The van der Waals surface area contributed by atoms with Crippen LogP contribution in [0.25, 0.3) is 0 Å². The molecule has 1 aliphatic carbocycles. The minimum absolute atomic E-state index is 0.500. The predicted octanol–water partition coefficient (Wildman–Crippen LogP) is 4.10. The Bertz CT molecular complexity index is 441. The largest absolute Gasteiger partial charge is 0.347 e. The zero-order valence-electron chi connectivity index (χ0n) is 14.0. The summed E-state index contributed by atoms with van der Waals surface area (Å²) in [6.07, 6.45) is 6.04. The number of aromatic nitrogens is 1. The van der Waals surface area contributed by atoms with E-state index in [2.05, 4.69) is 44.3 Å². The third kappa shape index (κ3) is 4.60. The van der Waals surface area contributed by atoms with Crippen molar-refractivity contribution in [2.45, 2.75) is 64.6 Å². The third-order valence-electron chi connectivity index (χ3n) is 4.07. The van der Waals surface area contributed by atoms with Gasteiger partial charge in [-0.15, -0.1) is 11.3 Å². The van der Waals surface area contributed by atoms with Crippen LogP contribution in [0.1, 0.15) is 56.5 Å². The van der Waals surface area contributed by atoms with Crippen molar-refractivity contribution in [2.24, 2.45) is 0 Å². The molecule has 1 heterocycles. The molecule has 0 aromatic carbocycles. The summed E-state index contributed by atoms with van der Waals surface area (Å²) in [7, 11) is 2.20. The van der Waals surface area contributed by atoms with Crippen LogP contribution >= 0.6 is 23.1 Å². The van der Waals surface area contributed by atoms with E-state index in [0.717, 1.165) is 12.6 Å². The van der Waals surface area contributed by atoms with Crippen molar-refractivity contribution in [1.82, 2.24) is 10.3 Å². The lowest BCUT2D eigenvalue weighted by atomic mass is 10.1. The van der Waals surface area contributed by atoms with E-state index in [1.54, 1.807) is 0 Å². The first-order chi connectivity index (χ1) is 10.1. The van der Waals surface area contributed by atoms with E-state index in [9.17, 15) is 0 Å². The van der Waals surface area contributed by atoms with Gasteiger partial charge in [-0.25, -0.2) is 4.98 Å². The summed E-state index contributed by atoms with van der Waals surface area (Å²) < 4.78 is 0. The smallest absolute Gasteiger partial charge is 0.185 e. The van der Waals surface area contributed by atoms with Crippen molar-refractivity contribution in [1.29, 1.82) is 0 Å². The highest BCUT2D eigenvalue weighted by molar-refractivity contribution is 7.98. The van der Waals surface area contributed by atoms with Gasteiger partial charge in [0.2, 0.25) is 0 Å². The fraction of sp³-hybridized carbons (Fsp3) is 0.812. The molecule has 1 N–H and O–H groups in total. The number of nitrogens with one attached hydrogen (secondary N) is 1. The molecule has 0 bridgehead atoms. The molecule has 120 valence electrons. The second-order valence-electron chi connectivity index (χ2n) is 6.24. The topological polar surface area (TPSA) is 28.2 Å². The van der Waals surface area contributed by atoms with Crippen molar-refractivity contribution in [2.75, 3.05) is 24.0 Å². The summed E-state index contributed by atoms with van der Waals surface area (Å²) in [5, 5.41) is 4.82. The maximum Gasteiger partial charge on any atom is 0.185 e. The lowest BCUT2D eigenvalue weighted by molar-refractivity contribution is 0.666. The molecule has 0 radical (unpaired) electrons. The molecular weight excluding hydrogens is 298 g/mol. The van der Waals surface area contributed by atoms with Crippen LogP contribution in [0.2, 0.25) is 0 Å². The minimum atomic E-state index is 0.500. The van der Waals surface area contributed by atoms with Crippen LogP contribution in [0, 0.1) is 0 Å². The van der Waals surface area contributed by atoms with Gasteiger partial charge in [0.25, 0.3) is 0 Å². The fourth-order valence-electron chi connectivity index (χ4n) is 2.46. The van der Waals surface area contributed by atoms with Gasteiger partial charge in [0.15, 0.2) is 5.13 Å². The molecule has 0 spiro atoms. The molecule has 21 heavy (non-hydrogen) atoms. The summed E-state index contributed by atoms with van der Waals surface area (Å²) in [5.74, 6) is 1.67. The molecule has 0 aliphatic heterocycles. The molecule has 5 heteroatoms. The molecular formula is C16H29N3S2. The lowest BCUT2D eigenvalue weighted by Gasteiger charge is -2.26. The predicted molar refractivity (Wildman–Crippen MR) is 96.9 cm³/mol. The minimum Gasteiger partial charge on any atom is -0.347 e. The van der Waals surface area contributed by atoms with Gasteiger partial charge < -0.3 is 10.2 Å². The van der Waals surface area contributed by atoms with E-state index in [4.69, 9.17) is 4.98 Å². The van der Waals surface area contributed by atoms with Crippen LogP contribution in [0.4, 0.5) is 5.13 Å². The monoisotopic (exact) mass is 327 g/mol. The van der Waals surface area contributed by atoms with Gasteiger partial charge in [-0.1, -0.05) is 20.8 Å². The first-order valence-corrected chi connectivity index (χ1v) is 10.2. The van der Waals surface area contributed by atoms with Crippen LogP contribution in [0.3, 0.4) is 0 Å². The maximum absolute atomic E-state index is 4.95. The van der Waals surface area contributed by atoms with E-state index in [1.165, 1.54) is 40.7 Å². The Balaban J connectivity index is 2.12. The highest BCUT2D eigenvalue weighted by Gasteiger charge is 2.24. The summed E-state index contributed by atoms with van der Waals surface area (Å²) in [6.45, 7) is 7.75. The standard InChI is InChI=1S/C16H29N3S2/c1-6-13(10-20-5)19(4)16-18-15(11(2)3)14(21-16)9-17-12-7-8-12/h11-13,17H,6-10H2,1-5H3. The normalized spacial score (nSPS) is 16.5. The Kier molecular flexibility index (Phi) is 6.38. The molecule has 1 aromatic rings. The van der Waals surface area contributed by atoms with E-state index >= 15 is 0 Å². The SMILES string of the molecule is CCC(CSC)N(C)c1nc(C(C)C)c(CNC2CC2)s1. The number of anilines is 1. The van der Waals surface area contributed by atoms with Gasteiger partial charge in [0.05, 0.1) is 5.69 Å². The number of nitrogens with zero attached hydrogens (tertiary/aromatic N) is 2. The van der Waals surface area contributed by atoms with Crippen LogP contribution in [-0.2, 0) is 6.54 Å². The van der Waals surface area contributed by atoms with Crippen molar-refractivity contribution < 1.29 is 0 Å². The van der Waals surface area contributed by atoms with Gasteiger partial charge in [-0.2, -0.15) is 11.8 Å². The number of thiazole rings is 1. The Morgan fingerprint density at radius 2 is 2.14 bits per heavy atom. The first-order valence-electron chi connectivity index (χ1n) is 8.01. The summed E-state index contributed by atoms with van der Waals surface area (Å²) in [5.41, 5.74) is 1.29. The highest BCUT2D eigenvalue weighted by atomic mass is 32.2. The number of hydrogen-bond donors (Lipinski definition) is 1. The molecule has 0 saturated heterocycles. The molecule has 1 atom stereocenters. The van der Waals surface area contributed by atoms with E-state index in [0.29, 0.717) is 12.0 Å². The third-order valence-corrected chi connectivity index (χ3v) is 5.95. The number of thioether (sulfide) groups is 1. The number of rotatable bonds is 9.